The number of H-pyrrole nitrogens is 1. The number of nitrogens with zero attached hydrogens (tertiary/aromatic N) is 2. The molecule has 0 bridgehead atoms. The third-order valence-corrected chi connectivity index (χ3v) is 1.96. The number of nitrogens with one attached hydrogen (secondary N) is 2. The highest BCUT2D eigenvalue weighted by Gasteiger charge is 2.01. The van der Waals surface area contributed by atoms with Crippen LogP contribution in [-0.4, -0.2) is 15.2 Å². The van der Waals surface area contributed by atoms with Gasteiger partial charge >= 0.3 is 0 Å². The van der Waals surface area contributed by atoms with E-state index in [-0.39, 0.29) is 0 Å². The maximum absolute atomic E-state index is 4.22. The lowest BCUT2D eigenvalue weighted by molar-refractivity contribution is 1.05. The van der Waals surface area contributed by atoms with Gasteiger partial charge in [0.2, 0.25) is 0 Å². The lowest BCUT2D eigenvalue weighted by atomic mass is 10.3. The molecular formula is C10H12N4. The van der Waals surface area contributed by atoms with Crippen molar-refractivity contribution in [1.82, 2.24) is 15.2 Å². The van der Waals surface area contributed by atoms with E-state index >= 15 is 0 Å². The number of hydrogen-bond acceptors (Lipinski definition) is 3. The van der Waals surface area contributed by atoms with E-state index in [4.69, 9.17) is 0 Å². The van der Waals surface area contributed by atoms with E-state index in [0.717, 1.165) is 22.9 Å². The van der Waals surface area contributed by atoms with Gasteiger partial charge in [-0.25, -0.2) is 4.98 Å². The quantitative estimate of drug-likeness (QED) is 0.759. The van der Waals surface area contributed by atoms with Gasteiger partial charge in [-0.2, -0.15) is 5.10 Å². The predicted molar refractivity (Wildman–Crippen MR) is 55.6 cm³/mol. The van der Waals surface area contributed by atoms with Gasteiger partial charge in [-0.15, -0.1) is 0 Å². The zero-order valence-electron chi connectivity index (χ0n) is 8.20. The third-order valence-electron chi connectivity index (χ3n) is 1.96. The Morgan fingerprint density at radius 2 is 2.21 bits per heavy atom. The number of pyridine rings is 1. The number of rotatable bonds is 2. The number of aromatic nitrogens is 3. The van der Waals surface area contributed by atoms with Crippen molar-refractivity contribution >= 4 is 11.6 Å². The second kappa shape index (κ2) is 3.49. The van der Waals surface area contributed by atoms with Gasteiger partial charge in [0.25, 0.3) is 0 Å². The predicted octanol–water partition coefficient (Wildman–Crippen LogP) is 2.17. The topological polar surface area (TPSA) is 53.6 Å². The molecule has 0 radical (unpaired) electrons. The maximum atomic E-state index is 4.22. The lowest BCUT2D eigenvalue weighted by Gasteiger charge is -2.03. The first-order valence-corrected chi connectivity index (χ1v) is 4.46. The highest BCUT2D eigenvalue weighted by molar-refractivity contribution is 5.55. The first-order chi connectivity index (χ1) is 6.75. The van der Waals surface area contributed by atoms with Crippen molar-refractivity contribution in [2.24, 2.45) is 0 Å². The van der Waals surface area contributed by atoms with Crippen LogP contribution in [0.25, 0.3) is 0 Å². The fourth-order valence-corrected chi connectivity index (χ4v) is 1.22. The highest BCUT2D eigenvalue weighted by Crippen LogP contribution is 2.15. The molecule has 0 aliphatic heterocycles. The number of aromatic amines is 1. The van der Waals surface area contributed by atoms with Crippen molar-refractivity contribution < 1.29 is 0 Å². The van der Waals surface area contributed by atoms with Crippen molar-refractivity contribution in [1.29, 1.82) is 0 Å². The Morgan fingerprint density at radius 3 is 2.86 bits per heavy atom. The molecule has 0 saturated carbocycles. The molecule has 0 spiro atoms. The fourth-order valence-electron chi connectivity index (χ4n) is 1.22. The molecule has 0 fully saturated rings. The van der Waals surface area contributed by atoms with Crippen LogP contribution >= 0.6 is 0 Å². The average Bonchev–Trinajstić information content (AvgIpc) is 2.56. The molecule has 0 aromatic carbocycles. The smallest absolute Gasteiger partial charge is 0.153 e. The first kappa shape index (κ1) is 8.74. The second-order valence-electron chi connectivity index (χ2n) is 3.23. The maximum Gasteiger partial charge on any atom is 0.153 e. The molecule has 14 heavy (non-hydrogen) atoms. The average molecular weight is 188 g/mol. The van der Waals surface area contributed by atoms with Crippen LogP contribution in [0.15, 0.2) is 24.4 Å². The summed E-state index contributed by atoms with van der Waals surface area (Å²) in [7, 11) is 0. The molecule has 2 rings (SSSR count). The van der Waals surface area contributed by atoms with Crippen LogP contribution in [0.3, 0.4) is 0 Å². The standard InChI is InChI=1S/C10H12N4/c1-7-4-3-5-11-10(7)12-9-6-8(2)13-14-9/h3-6H,1-2H3,(H2,11,12,13,14). The SMILES string of the molecule is Cc1cc(Nc2ncccc2C)n[nH]1. The van der Waals surface area contributed by atoms with Crippen molar-refractivity contribution in [2.45, 2.75) is 13.8 Å². The molecule has 4 nitrogen and oxygen atoms in total. The van der Waals surface area contributed by atoms with Crippen molar-refractivity contribution in [3.63, 3.8) is 0 Å². The zero-order valence-corrected chi connectivity index (χ0v) is 8.20. The molecular weight excluding hydrogens is 176 g/mol. The lowest BCUT2D eigenvalue weighted by Crippen LogP contribution is -1.95. The van der Waals surface area contributed by atoms with Gasteiger partial charge in [-0.1, -0.05) is 6.07 Å². The molecule has 2 N–H and O–H groups in total. The molecule has 0 amide bonds. The van der Waals surface area contributed by atoms with Crippen LogP contribution in [-0.2, 0) is 0 Å². The molecule has 0 atom stereocenters. The normalized spacial score (nSPS) is 10.1. The Kier molecular flexibility index (Phi) is 2.18. The van der Waals surface area contributed by atoms with Crippen molar-refractivity contribution in [2.75, 3.05) is 5.32 Å². The number of hydrogen-bond donors (Lipinski definition) is 2. The summed E-state index contributed by atoms with van der Waals surface area (Å²) in [6, 6.07) is 5.86. The molecule has 4 heteroatoms. The van der Waals surface area contributed by atoms with Crippen molar-refractivity contribution in [3.05, 3.63) is 35.7 Å². The number of anilines is 2. The van der Waals surface area contributed by atoms with E-state index in [1.165, 1.54) is 0 Å². The van der Waals surface area contributed by atoms with Gasteiger partial charge < -0.3 is 5.32 Å². The third kappa shape index (κ3) is 1.74. The van der Waals surface area contributed by atoms with E-state index in [1.54, 1.807) is 6.20 Å². The number of aryl methyl sites for hydroxylation is 2. The monoisotopic (exact) mass is 188 g/mol. The van der Waals surface area contributed by atoms with E-state index < -0.39 is 0 Å². The molecule has 0 unspecified atom stereocenters. The van der Waals surface area contributed by atoms with E-state index in [1.807, 2.05) is 32.0 Å². The molecule has 0 aliphatic rings. The molecule has 72 valence electrons. The highest BCUT2D eigenvalue weighted by atomic mass is 15.2. The van der Waals surface area contributed by atoms with Gasteiger partial charge in [0.15, 0.2) is 5.82 Å². The first-order valence-electron chi connectivity index (χ1n) is 4.46. The minimum Gasteiger partial charge on any atom is -0.323 e. The molecule has 2 heterocycles. The Bertz CT molecular complexity index is 433. The van der Waals surface area contributed by atoms with Gasteiger partial charge in [-0.05, 0) is 25.5 Å². The van der Waals surface area contributed by atoms with Crippen molar-refractivity contribution in [3.8, 4) is 0 Å². The summed E-state index contributed by atoms with van der Waals surface area (Å²) in [6.45, 7) is 3.97. The molecule has 2 aromatic rings. The summed E-state index contributed by atoms with van der Waals surface area (Å²) in [5, 5.41) is 10.1. The second-order valence-corrected chi connectivity index (χ2v) is 3.23. The Balaban J connectivity index is 2.23. The summed E-state index contributed by atoms with van der Waals surface area (Å²) in [4.78, 5) is 4.22. The summed E-state index contributed by atoms with van der Waals surface area (Å²) in [5.41, 5.74) is 2.13. The minimum absolute atomic E-state index is 0.796. The summed E-state index contributed by atoms with van der Waals surface area (Å²) >= 11 is 0. The van der Waals surface area contributed by atoms with Crippen LogP contribution in [0.1, 0.15) is 11.3 Å². The van der Waals surface area contributed by atoms with Crippen LogP contribution in [0.4, 0.5) is 11.6 Å². The van der Waals surface area contributed by atoms with Crippen LogP contribution in [0, 0.1) is 13.8 Å². The van der Waals surface area contributed by atoms with E-state index in [0.29, 0.717) is 0 Å². The summed E-state index contributed by atoms with van der Waals surface area (Å²) in [6.07, 6.45) is 1.76. The van der Waals surface area contributed by atoms with Crippen LogP contribution in [0.2, 0.25) is 0 Å². The molecule has 2 aromatic heterocycles. The van der Waals surface area contributed by atoms with Gasteiger partial charge in [-0.3, -0.25) is 5.10 Å². The van der Waals surface area contributed by atoms with Gasteiger partial charge in [0.1, 0.15) is 5.82 Å². The largest absolute Gasteiger partial charge is 0.323 e. The Labute approximate surface area is 82.4 Å². The Morgan fingerprint density at radius 1 is 1.36 bits per heavy atom. The minimum atomic E-state index is 0.796. The summed E-state index contributed by atoms with van der Waals surface area (Å²) < 4.78 is 0. The fraction of sp³-hybridized carbons (Fsp3) is 0.200. The van der Waals surface area contributed by atoms with Gasteiger partial charge in [0.05, 0.1) is 0 Å². The van der Waals surface area contributed by atoms with E-state index in [2.05, 4.69) is 20.5 Å². The van der Waals surface area contributed by atoms with Crippen LogP contribution < -0.4 is 5.32 Å². The van der Waals surface area contributed by atoms with Gasteiger partial charge in [0, 0.05) is 18.0 Å². The van der Waals surface area contributed by atoms with Crippen LogP contribution in [0.5, 0.6) is 0 Å². The van der Waals surface area contributed by atoms with E-state index in [9.17, 15) is 0 Å². The molecule has 0 aliphatic carbocycles. The molecule has 0 saturated heterocycles. The zero-order chi connectivity index (χ0) is 9.97. The Hall–Kier alpha value is -1.84. The summed E-state index contributed by atoms with van der Waals surface area (Å²) in [5.74, 6) is 1.64.